The molecule has 1 aromatic carbocycles. The topological polar surface area (TPSA) is 46.4 Å². The molecular formula is C15H12ClN3O. The van der Waals surface area contributed by atoms with Gasteiger partial charge in [-0.25, -0.2) is 4.52 Å². The Bertz CT molecular complexity index is 777. The Morgan fingerprint density at radius 1 is 1.20 bits per heavy atom. The maximum absolute atomic E-state index is 12.2. The van der Waals surface area contributed by atoms with E-state index in [0.29, 0.717) is 16.2 Å². The van der Waals surface area contributed by atoms with Crippen molar-refractivity contribution in [3.8, 4) is 0 Å². The van der Waals surface area contributed by atoms with Crippen LogP contribution in [0.25, 0.3) is 5.52 Å². The molecule has 0 fully saturated rings. The first-order valence-electron chi connectivity index (χ1n) is 6.16. The Kier molecular flexibility index (Phi) is 3.16. The second-order valence-corrected chi connectivity index (χ2v) is 4.89. The minimum atomic E-state index is -0.317. The Hall–Kier alpha value is -2.33. The second kappa shape index (κ2) is 4.98. The first-order chi connectivity index (χ1) is 9.65. The highest BCUT2D eigenvalue weighted by Crippen LogP contribution is 2.22. The van der Waals surface area contributed by atoms with Gasteiger partial charge in [-0.3, -0.25) is 4.79 Å². The third-order valence-corrected chi connectivity index (χ3v) is 3.38. The van der Waals surface area contributed by atoms with E-state index in [9.17, 15) is 4.79 Å². The third kappa shape index (κ3) is 2.26. The molecule has 0 aliphatic rings. The van der Waals surface area contributed by atoms with Crippen LogP contribution in [0.3, 0.4) is 0 Å². The number of nitrogens with zero attached hydrogens (tertiary/aromatic N) is 2. The van der Waals surface area contributed by atoms with Gasteiger partial charge in [0.05, 0.1) is 10.5 Å². The molecule has 5 heteroatoms. The van der Waals surface area contributed by atoms with Gasteiger partial charge in [0, 0.05) is 11.9 Å². The van der Waals surface area contributed by atoms with Crippen LogP contribution in [0.2, 0.25) is 5.02 Å². The molecule has 0 aliphatic heterocycles. The number of hydrogen-bond acceptors (Lipinski definition) is 2. The highest BCUT2D eigenvalue weighted by atomic mass is 35.5. The lowest BCUT2D eigenvalue weighted by Gasteiger charge is -2.03. The average molecular weight is 286 g/mol. The summed E-state index contributed by atoms with van der Waals surface area (Å²) in [5.41, 5.74) is 2.78. The molecule has 0 saturated carbocycles. The van der Waals surface area contributed by atoms with Crippen LogP contribution in [-0.4, -0.2) is 15.5 Å². The van der Waals surface area contributed by atoms with E-state index in [4.69, 9.17) is 11.6 Å². The van der Waals surface area contributed by atoms with Crippen LogP contribution < -0.4 is 5.32 Å². The van der Waals surface area contributed by atoms with Crippen LogP contribution in [-0.2, 0) is 0 Å². The molecule has 0 saturated heterocycles. The number of fused-ring (bicyclic) bond motifs is 1. The average Bonchev–Trinajstić information content (AvgIpc) is 2.79. The van der Waals surface area contributed by atoms with Crippen LogP contribution in [0.4, 0.5) is 5.69 Å². The molecular weight excluding hydrogens is 274 g/mol. The molecule has 1 amide bonds. The summed E-state index contributed by atoms with van der Waals surface area (Å²) in [7, 11) is 0. The molecule has 100 valence electrons. The molecule has 0 radical (unpaired) electrons. The van der Waals surface area contributed by atoms with E-state index in [1.54, 1.807) is 10.7 Å². The maximum atomic E-state index is 12.2. The van der Waals surface area contributed by atoms with Crippen molar-refractivity contribution >= 4 is 28.7 Å². The lowest BCUT2D eigenvalue weighted by Crippen LogP contribution is -2.13. The second-order valence-electron chi connectivity index (χ2n) is 4.51. The van der Waals surface area contributed by atoms with Gasteiger partial charge in [0.2, 0.25) is 0 Å². The molecule has 2 aromatic heterocycles. The highest BCUT2D eigenvalue weighted by molar-refractivity contribution is 6.37. The molecule has 0 atom stereocenters. The monoisotopic (exact) mass is 285 g/mol. The lowest BCUT2D eigenvalue weighted by atomic mass is 10.2. The van der Waals surface area contributed by atoms with Crippen molar-refractivity contribution < 1.29 is 4.79 Å². The van der Waals surface area contributed by atoms with E-state index >= 15 is 0 Å². The minimum absolute atomic E-state index is 0.221. The van der Waals surface area contributed by atoms with E-state index in [1.165, 1.54) is 0 Å². The van der Waals surface area contributed by atoms with Gasteiger partial charge >= 0.3 is 0 Å². The summed E-state index contributed by atoms with van der Waals surface area (Å²) in [6.07, 6.45) is 1.75. The summed E-state index contributed by atoms with van der Waals surface area (Å²) in [4.78, 5) is 12.2. The van der Waals surface area contributed by atoms with Crippen LogP contribution in [0.15, 0.2) is 48.7 Å². The SMILES string of the molecule is Cc1ccc(NC(=O)c2nn3ccccc3c2Cl)cc1. The standard InChI is InChI=1S/C15H12ClN3O/c1-10-5-7-11(8-6-10)17-15(20)14-13(16)12-4-2-3-9-19(12)18-14/h2-9H,1H3,(H,17,20). The quantitative estimate of drug-likeness (QED) is 0.783. The lowest BCUT2D eigenvalue weighted by molar-refractivity contribution is 0.102. The number of aryl methyl sites for hydroxylation is 1. The smallest absolute Gasteiger partial charge is 0.277 e. The summed E-state index contributed by atoms with van der Waals surface area (Å²) in [6.45, 7) is 1.99. The predicted molar refractivity (Wildman–Crippen MR) is 79.3 cm³/mol. The van der Waals surface area contributed by atoms with Crippen molar-refractivity contribution in [3.63, 3.8) is 0 Å². The van der Waals surface area contributed by atoms with Gasteiger partial charge in [0.15, 0.2) is 5.69 Å². The molecule has 3 aromatic rings. The van der Waals surface area contributed by atoms with Crippen molar-refractivity contribution in [2.75, 3.05) is 5.32 Å². The van der Waals surface area contributed by atoms with Gasteiger partial charge in [-0.15, -0.1) is 0 Å². The molecule has 3 rings (SSSR count). The van der Waals surface area contributed by atoms with Gasteiger partial charge in [0.25, 0.3) is 5.91 Å². The fourth-order valence-corrected chi connectivity index (χ4v) is 2.21. The van der Waals surface area contributed by atoms with E-state index in [1.807, 2.05) is 49.4 Å². The largest absolute Gasteiger partial charge is 0.321 e. The number of aromatic nitrogens is 2. The first kappa shape index (κ1) is 12.7. The molecule has 1 N–H and O–H groups in total. The number of carbonyl (C=O) groups is 1. The van der Waals surface area contributed by atoms with Gasteiger partial charge in [-0.2, -0.15) is 5.10 Å². The van der Waals surface area contributed by atoms with E-state index in [0.717, 1.165) is 5.56 Å². The van der Waals surface area contributed by atoms with Crippen LogP contribution in [0.5, 0.6) is 0 Å². The fraction of sp³-hybridized carbons (Fsp3) is 0.0667. The zero-order valence-electron chi connectivity index (χ0n) is 10.8. The van der Waals surface area contributed by atoms with Crippen molar-refractivity contribution in [2.45, 2.75) is 6.92 Å². The normalized spacial score (nSPS) is 10.7. The number of hydrogen-bond donors (Lipinski definition) is 1. The number of halogens is 1. The molecule has 2 heterocycles. The van der Waals surface area contributed by atoms with Crippen molar-refractivity contribution in [1.82, 2.24) is 9.61 Å². The van der Waals surface area contributed by atoms with Crippen LogP contribution in [0.1, 0.15) is 16.1 Å². The minimum Gasteiger partial charge on any atom is -0.321 e. The summed E-state index contributed by atoms with van der Waals surface area (Å²) in [5.74, 6) is -0.317. The Morgan fingerprint density at radius 2 is 1.95 bits per heavy atom. The summed E-state index contributed by atoms with van der Waals surface area (Å²) < 4.78 is 1.59. The van der Waals surface area contributed by atoms with Crippen molar-refractivity contribution in [1.29, 1.82) is 0 Å². The van der Waals surface area contributed by atoms with Crippen molar-refractivity contribution in [2.24, 2.45) is 0 Å². The van der Waals surface area contributed by atoms with Crippen LogP contribution >= 0.6 is 11.6 Å². The molecule has 0 unspecified atom stereocenters. The maximum Gasteiger partial charge on any atom is 0.277 e. The fourth-order valence-electron chi connectivity index (χ4n) is 1.94. The van der Waals surface area contributed by atoms with Crippen LogP contribution in [0, 0.1) is 6.92 Å². The number of nitrogens with one attached hydrogen (secondary N) is 1. The van der Waals surface area contributed by atoms with E-state index < -0.39 is 0 Å². The summed E-state index contributed by atoms with van der Waals surface area (Å²) in [5, 5.41) is 7.34. The summed E-state index contributed by atoms with van der Waals surface area (Å²) in [6, 6.07) is 13.1. The number of carbonyl (C=O) groups excluding carboxylic acids is 1. The van der Waals surface area contributed by atoms with E-state index in [2.05, 4.69) is 10.4 Å². The Morgan fingerprint density at radius 3 is 2.65 bits per heavy atom. The number of benzene rings is 1. The Balaban J connectivity index is 1.92. The van der Waals surface area contributed by atoms with Gasteiger partial charge in [-0.1, -0.05) is 35.4 Å². The Labute approximate surface area is 121 Å². The molecule has 20 heavy (non-hydrogen) atoms. The molecule has 0 spiro atoms. The first-order valence-corrected chi connectivity index (χ1v) is 6.54. The van der Waals surface area contributed by atoms with Gasteiger partial charge in [0.1, 0.15) is 0 Å². The van der Waals surface area contributed by atoms with Crippen molar-refractivity contribution in [3.05, 3.63) is 64.9 Å². The van der Waals surface area contributed by atoms with E-state index in [-0.39, 0.29) is 11.6 Å². The number of rotatable bonds is 2. The third-order valence-electron chi connectivity index (χ3n) is 3.00. The number of amides is 1. The zero-order valence-corrected chi connectivity index (χ0v) is 11.6. The highest BCUT2D eigenvalue weighted by Gasteiger charge is 2.17. The molecule has 0 bridgehead atoms. The zero-order chi connectivity index (χ0) is 14.1. The predicted octanol–water partition coefficient (Wildman–Crippen LogP) is 3.55. The number of anilines is 1. The number of pyridine rings is 1. The molecule has 4 nitrogen and oxygen atoms in total. The summed E-state index contributed by atoms with van der Waals surface area (Å²) >= 11 is 6.20. The van der Waals surface area contributed by atoms with Gasteiger partial charge in [-0.05, 0) is 31.2 Å². The molecule has 0 aliphatic carbocycles. The van der Waals surface area contributed by atoms with Gasteiger partial charge < -0.3 is 5.32 Å².